The number of ether oxygens (including phenoxy) is 1. The van der Waals surface area contributed by atoms with Gasteiger partial charge in [-0.25, -0.2) is 12.8 Å². The summed E-state index contributed by atoms with van der Waals surface area (Å²) in [5.41, 5.74) is 0. The maximum absolute atomic E-state index is 13.5. The summed E-state index contributed by atoms with van der Waals surface area (Å²) in [6, 6.07) is 11.8. The second-order valence-corrected chi connectivity index (χ2v) is 8.33. The summed E-state index contributed by atoms with van der Waals surface area (Å²) in [7, 11) is -3.63. The number of nitrogens with zero attached hydrogens (tertiary/aromatic N) is 2. The van der Waals surface area contributed by atoms with Gasteiger partial charge in [-0.15, -0.1) is 0 Å². The van der Waals surface area contributed by atoms with Gasteiger partial charge in [0.15, 0.2) is 18.2 Å². The van der Waals surface area contributed by atoms with E-state index in [-0.39, 0.29) is 49.3 Å². The Morgan fingerprint density at radius 3 is 2.30 bits per heavy atom. The molecule has 0 spiro atoms. The van der Waals surface area contributed by atoms with Crippen molar-refractivity contribution in [3.63, 3.8) is 0 Å². The lowest BCUT2D eigenvalue weighted by Crippen LogP contribution is -2.51. The highest BCUT2D eigenvalue weighted by atomic mass is 35.5. The van der Waals surface area contributed by atoms with E-state index in [0.717, 1.165) is 0 Å². The van der Waals surface area contributed by atoms with Crippen molar-refractivity contribution in [3.05, 3.63) is 59.4 Å². The summed E-state index contributed by atoms with van der Waals surface area (Å²) in [4.78, 5) is 13.9. The summed E-state index contributed by atoms with van der Waals surface area (Å²) in [6.45, 7) is 0.538. The van der Waals surface area contributed by atoms with Gasteiger partial charge in [-0.3, -0.25) is 4.79 Å². The Hall–Kier alpha value is -2.16. The van der Waals surface area contributed by atoms with Crippen LogP contribution in [0, 0.1) is 5.82 Å². The van der Waals surface area contributed by atoms with Crippen LogP contribution in [0.5, 0.6) is 5.75 Å². The molecule has 144 valence electrons. The minimum Gasteiger partial charge on any atom is -0.481 e. The lowest BCUT2D eigenvalue weighted by Gasteiger charge is -2.34. The number of hydrogen-bond acceptors (Lipinski definition) is 4. The molecule has 1 fully saturated rings. The molecule has 0 N–H and O–H groups in total. The van der Waals surface area contributed by atoms with E-state index < -0.39 is 15.8 Å². The van der Waals surface area contributed by atoms with Crippen molar-refractivity contribution in [3.8, 4) is 5.75 Å². The van der Waals surface area contributed by atoms with Gasteiger partial charge in [0.2, 0.25) is 10.0 Å². The molecule has 0 aromatic heterocycles. The van der Waals surface area contributed by atoms with Gasteiger partial charge in [-0.1, -0.05) is 23.7 Å². The van der Waals surface area contributed by atoms with Crippen LogP contribution < -0.4 is 4.74 Å². The smallest absolute Gasteiger partial charge is 0.260 e. The first-order valence-electron chi connectivity index (χ1n) is 8.29. The summed E-state index contributed by atoms with van der Waals surface area (Å²) >= 11 is 5.80. The third-order valence-electron chi connectivity index (χ3n) is 4.23. The van der Waals surface area contributed by atoms with Crippen LogP contribution in [-0.4, -0.2) is 56.3 Å². The predicted molar refractivity (Wildman–Crippen MR) is 98.7 cm³/mol. The first-order valence-corrected chi connectivity index (χ1v) is 10.1. The number of rotatable bonds is 5. The number of carbonyl (C=O) groups is 1. The molecule has 0 atom stereocenters. The molecule has 1 aliphatic rings. The predicted octanol–water partition coefficient (Wildman–Crippen LogP) is 2.39. The van der Waals surface area contributed by atoms with Crippen molar-refractivity contribution < 1.29 is 22.3 Å². The Kier molecular flexibility index (Phi) is 5.98. The first-order chi connectivity index (χ1) is 12.9. The molecule has 27 heavy (non-hydrogen) atoms. The van der Waals surface area contributed by atoms with Gasteiger partial charge in [0, 0.05) is 31.2 Å². The number of piperazine rings is 1. The minimum atomic E-state index is -3.63. The molecule has 1 saturated heterocycles. The van der Waals surface area contributed by atoms with Gasteiger partial charge in [-0.05, 0) is 36.4 Å². The standard InChI is InChI=1S/C18H18ClFN2O4S/c19-14-5-7-15(8-6-14)27(24,25)22-11-9-21(10-12-22)18(23)13-26-17-4-2-1-3-16(17)20/h1-8H,9-13H2. The van der Waals surface area contributed by atoms with Crippen LogP contribution in [0.3, 0.4) is 0 Å². The van der Waals surface area contributed by atoms with E-state index in [0.29, 0.717) is 5.02 Å². The average Bonchev–Trinajstić information content (AvgIpc) is 2.67. The Morgan fingerprint density at radius 1 is 1.04 bits per heavy atom. The number of carbonyl (C=O) groups excluding carboxylic acids is 1. The van der Waals surface area contributed by atoms with E-state index in [4.69, 9.17) is 16.3 Å². The Labute approximate surface area is 162 Å². The van der Waals surface area contributed by atoms with Gasteiger partial charge < -0.3 is 9.64 Å². The molecule has 1 amide bonds. The number of para-hydroxylation sites is 1. The lowest BCUT2D eigenvalue weighted by molar-refractivity contribution is -0.134. The van der Waals surface area contributed by atoms with Gasteiger partial charge in [0.1, 0.15) is 0 Å². The molecule has 6 nitrogen and oxygen atoms in total. The van der Waals surface area contributed by atoms with Crippen LogP contribution in [0.4, 0.5) is 4.39 Å². The highest BCUT2D eigenvalue weighted by molar-refractivity contribution is 7.89. The van der Waals surface area contributed by atoms with Crippen LogP contribution in [0.15, 0.2) is 53.4 Å². The van der Waals surface area contributed by atoms with Crippen LogP contribution in [0.25, 0.3) is 0 Å². The molecule has 1 heterocycles. The SMILES string of the molecule is O=C(COc1ccccc1F)N1CCN(S(=O)(=O)c2ccc(Cl)cc2)CC1. The van der Waals surface area contributed by atoms with Crippen molar-refractivity contribution in [1.29, 1.82) is 0 Å². The van der Waals surface area contributed by atoms with Gasteiger partial charge >= 0.3 is 0 Å². The molecule has 2 aromatic carbocycles. The monoisotopic (exact) mass is 412 g/mol. The highest BCUT2D eigenvalue weighted by Gasteiger charge is 2.30. The Morgan fingerprint density at radius 2 is 1.67 bits per heavy atom. The molecular formula is C18H18ClFN2O4S. The third-order valence-corrected chi connectivity index (χ3v) is 6.40. The third kappa shape index (κ3) is 4.58. The summed E-state index contributed by atoms with van der Waals surface area (Å²) in [5, 5.41) is 0.458. The number of sulfonamides is 1. The molecule has 0 bridgehead atoms. The molecule has 0 aliphatic carbocycles. The van der Waals surface area contributed by atoms with Crippen LogP contribution >= 0.6 is 11.6 Å². The molecule has 0 radical (unpaired) electrons. The van der Waals surface area contributed by atoms with Crippen molar-refractivity contribution in [1.82, 2.24) is 9.21 Å². The van der Waals surface area contributed by atoms with E-state index in [9.17, 15) is 17.6 Å². The van der Waals surface area contributed by atoms with E-state index in [2.05, 4.69) is 0 Å². The fourth-order valence-electron chi connectivity index (χ4n) is 2.73. The topological polar surface area (TPSA) is 66.9 Å². The Bertz CT molecular complexity index is 913. The quantitative estimate of drug-likeness (QED) is 0.756. The molecule has 0 saturated carbocycles. The molecule has 1 aliphatic heterocycles. The number of hydrogen-bond donors (Lipinski definition) is 0. The van der Waals surface area contributed by atoms with E-state index in [1.807, 2.05) is 0 Å². The van der Waals surface area contributed by atoms with E-state index in [1.54, 1.807) is 6.07 Å². The minimum absolute atomic E-state index is 0.00908. The second kappa shape index (κ2) is 8.24. The zero-order chi connectivity index (χ0) is 19.4. The summed E-state index contributed by atoms with van der Waals surface area (Å²) < 4.78 is 45.3. The summed E-state index contributed by atoms with van der Waals surface area (Å²) in [6.07, 6.45) is 0. The van der Waals surface area contributed by atoms with E-state index in [1.165, 1.54) is 51.7 Å². The molecular weight excluding hydrogens is 395 g/mol. The number of benzene rings is 2. The van der Waals surface area contributed by atoms with Crippen LogP contribution in [0.2, 0.25) is 5.02 Å². The molecule has 9 heteroatoms. The fraction of sp³-hybridized carbons (Fsp3) is 0.278. The first kappa shape index (κ1) is 19.6. The lowest BCUT2D eigenvalue weighted by atomic mass is 10.3. The van der Waals surface area contributed by atoms with Crippen molar-refractivity contribution in [2.75, 3.05) is 32.8 Å². The normalized spacial score (nSPS) is 15.6. The van der Waals surface area contributed by atoms with Gasteiger partial charge in [-0.2, -0.15) is 4.31 Å². The van der Waals surface area contributed by atoms with Gasteiger partial charge in [0.05, 0.1) is 4.90 Å². The largest absolute Gasteiger partial charge is 0.481 e. The fourth-order valence-corrected chi connectivity index (χ4v) is 4.27. The average molecular weight is 413 g/mol. The van der Waals surface area contributed by atoms with Crippen molar-refractivity contribution in [2.24, 2.45) is 0 Å². The maximum Gasteiger partial charge on any atom is 0.260 e. The van der Waals surface area contributed by atoms with Crippen LogP contribution in [-0.2, 0) is 14.8 Å². The van der Waals surface area contributed by atoms with Crippen molar-refractivity contribution >= 4 is 27.5 Å². The second-order valence-electron chi connectivity index (χ2n) is 5.96. The zero-order valence-electron chi connectivity index (χ0n) is 14.3. The highest BCUT2D eigenvalue weighted by Crippen LogP contribution is 2.20. The van der Waals surface area contributed by atoms with Crippen LogP contribution in [0.1, 0.15) is 0 Å². The van der Waals surface area contributed by atoms with Crippen molar-refractivity contribution in [2.45, 2.75) is 4.90 Å². The number of halogens is 2. The van der Waals surface area contributed by atoms with E-state index >= 15 is 0 Å². The maximum atomic E-state index is 13.5. The molecule has 3 rings (SSSR count). The number of amides is 1. The Balaban J connectivity index is 1.56. The zero-order valence-corrected chi connectivity index (χ0v) is 15.9. The van der Waals surface area contributed by atoms with Gasteiger partial charge in [0.25, 0.3) is 5.91 Å². The molecule has 2 aromatic rings. The molecule has 0 unspecified atom stereocenters. The summed E-state index contributed by atoms with van der Waals surface area (Å²) in [5.74, 6) is -0.847.